The number of ether oxygens (including phenoxy) is 1. The van der Waals surface area contributed by atoms with Crippen molar-refractivity contribution in [2.24, 2.45) is 5.92 Å². The summed E-state index contributed by atoms with van der Waals surface area (Å²) in [4.78, 5) is 23.0. The van der Waals surface area contributed by atoms with Gasteiger partial charge in [0.25, 0.3) is 0 Å². The largest absolute Gasteiger partial charge is 0.466 e. The zero-order valence-electron chi connectivity index (χ0n) is 12.6. The quantitative estimate of drug-likeness (QED) is 0.789. The summed E-state index contributed by atoms with van der Waals surface area (Å²) < 4.78 is 5.14. The number of carbonyl (C=O) groups excluding carboxylic acids is 1. The fourth-order valence-electron chi connectivity index (χ4n) is 2.57. The Morgan fingerprint density at radius 1 is 1.45 bits per heavy atom. The molecular formula is C15H23N3O2. The molecule has 1 aliphatic rings. The van der Waals surface area contributed by atoms with Gasteiger partial charge in [0.2, 0.25) is 0 Å². The molecule has 0 N–H and O–H groups in total. The highest BCUT2D eigenvalue weighted by atomic mass is 16.5. The first kappa shape index (κ1) is 14.8. The number of piperidine rings is 1. The van der Waals surface area contributed by atoms with Crippen molar-refractivity contribution >= 4 is 11.8 Å². The summed E-state index contributed by atoms with van der Waals surface area (Å²) in [6, 6.07) is 1.99. The highest BCUT2D eigenvalue weighted by Gasteiger charge is 2.27. The van der Waals surface area contributed by atoms with E-state index in [1.54, 1.807) is 0 Å². The second-order valence-electron chi connectivity index (χ2n) is 5.17. The lowest BCUT2D eigenvalue weighted by Crippen LogP contribution is -2.40. The SMILES string of the molecule is CCOC(=O)[C@H]1CCCN(c2cc(C)nc(CC)n2)C1. The van der Waals surface area contributed by atoms with Gasteiger partial charge in [-0.25, -0.2) is 9.97 Å². The lowest BCUT2D eigenvalue weighted by molar-refractivity contribution is -0.148. The molecular weight excluding hydrogens is 254 g/mol. The molecule has 1 saturated heterocycles. The lowest BCUT2D eigenvalue weighted by atomic mass is 9.98. The zero-order valence-corrected chi connectivity index (χ0v) is 12.6. The molecule has 2 rings (SSSR count). The molecule has 0 amide bonds. The van der Waals surface area contributed by atoms with E-state index in [2.05, 4.69) is 21.8 Å². The van der Waals surface area contributed by atoms with Gasteiger partial charge in [-0.15, -0.1) is 0 Å². The molecule has 1 aromatic rings. The molecule has 1 aliphatic heterocycles. The number of aryl methyl sites for hydroxylation is 2. The molecule has 5 nitrogen and oxygen atoms in total. The summed E-state index contributed by atoms with van der Waals surface area (Å²) in [5.74, 6) is 1.67. The normalized spacial score (nSPS) is 18.9. The first-order valence-corrected chi connectivity index (χ1v) is 7.40. The third kappa shape index (κ3) is 3.46. The van der Waals surface area contributed by atoms with E-state index in [4.69, 9.17) is 4.74 Å². The summed E-state index contributed by atoms with van der Waals surface area (Å²) in [7, 11) is 0. The highest BCUT2D eigenvalue weighted by Crippen LogP contribution is 2.23. The van der Waals surface area contributed by atoms with Crippen LogP contribution in [0.4, 0.5) is 5.82 Å². The maximum atomic E-state index is 11.9. The predicted octanol–water partition coefficient (Wildman–Crippen LogP) is 2.13. The van der Waals surface area contributed by atoms with E-state index in [0.29, 0.717) is 13.2 Å². The molecule has 0 saturated carbocycles. The Labute approximate surface area is 120 Å². The molecule has 0 aliphatic carbocycles. The van der Waals surface area contributed by atoms with E-state index in [1.165, 1.54) is 0 Å². The molecule has 0 spiro atoms. The topological polar surface area (TPSA) is 55.3 Å². The van der Waals surface area contributed by atoms with Crippen LogP contribution in [0.2, 0.25) is 0 Å². The molecule has 1 fully saturated rings. The molecule has 0 unspecified atom stereocenters. The fourth-order valence-corrected chi connectivity index (χ4v) is 2.57. The van der Waals surface area contributed by atoms with Gasteiger partial charge < -0.3 is 9.64 Å². The maximum Gasteiger partial charge on any atom is 0.310 e. The van der Waals surface area contributed by atoms with Gasteiger partial charge in [-0.05, 0) is 26.7 Å². The monoisotopic (exact) mass is 277 g/mol. The number of carbonyl (C=O) groups is 1. The highest BCUT2D eigenvalue weighted by molar-refractivity contribution is 5.73. The van der Waals surface area contributed by atoms with Gasteiger partial charge in [0.1, 0.15) is 11.6 Å². The Morgan fingerprint density at radius 3 is 2.95 bits per heavy atom. The standard InChI is InChI=1S/C15H23N3O2/c1-4-13-16-11(3)9-14(17-13)18-8-6-7-12(10-18)15(19)20-5-2/h9,12H,4-8,10H2,1-3H3/t12-/m0/s1. The van der Waals surface area contributed by atoms with Crippen LogP contribution < -0.4 is 4.90 Å². The number of rotatable bonds is 4. The molecule has 0 bridgehead atoms. The minimum Gasteiger partial charge on any atom is -0.466 e. The van der Waals surface area contributed by atoms with Gasteiger partial charge in [-0.2, -0.15) is 0 Å². The van der Waals surface area contributed by atoms with Gasteiger partial charge in [-0.3, -0.25) is 4.79 Å². The van der Waals surface area contributed by atoms with Crippen LogP contribution in [0.5, 0.6) is 0 Å². The smallest absolute Gasteiger partial charge is 0.310 e. The second-order valence-corrected chi connectivity index (χ2v) is 5.17. The first-order chi connectivity index (χ1) is 9.63. The molecule has 2 heterocycles. The van der Waals surface area contributed by atoms with Crippen molar-refractivity contribution in [1.82, 2.24) is 9.97 Å². The van der Waals surface area contributed by atoms with Crippen molar-refractivity contribution in [2.75, 3.05) is 24.6 Å². The molecule has 0 radical (unpaired) electrons. The van der Waals surface area contributed by atoms with E-state index in [0.717, 1.165) is 43.1 Å². The van der Waals surface area contributed by atoms with E-state index in [-0.39, 0.29) is 11.9 Å². The Hall–Kier alpha value is -1.65. The Bertz CT molecular complexity index is 476. The van der Waals surface area contributed by atoms with Gasteiger partial charge in [0.05, 0.1) is 12.5 Å². The number of aromatic nitrogens is 2. The van der Waals surface area contributed by atoms with Crippen LogP contribution in [0.3, 0.4) is 0 Å². The van der Waals surface area contributed by atoms with Crippen molar-refractivity contribution in [1.29, 1.82) is 0 Å². The summed E-state index contributed by atoms with van der Waals surface area (Å²) in [5, 5.41) is 0. The van der Waals surface area contributed by atoms with Crippen molar-refractivity contribution in [3.63, 3.8) is 0 Å². The van der Waals surface area contributed by atoms with Crippen LogP contribution in [-0.2, 0) is 16.0 Å². The van der Waals surface area contributed by atoms with Crippen LogP contribution >= 0.6 is 0 Å². The summed E-state index contributed by atoms with van der Waals surface area (Å²) in [5.41, 5.74) is 0.977. The summed E-state index contributed by atoms with van der Waals surface area (Å²) in [6.45, 7) is 7.96. The third-order valence-electron chi connectivity index (χ3n) is 3.57. The Kier molecular flexibility index (Phi) is 4.93. The van der Waals surface area contributed by atoms with Crippen molar-refractivity contribution in [2.45, 2.75) is 40.0 Å². The van der Waals surface area contributed by atoms with Crippen molar-refractivity contribution in [3.8, 4) is 0 Å². The predicted molar refractivity (Wildman–Crippen MR) is 77.7 cm³/mol. The minimum atomic E-state index is -0.0845. The van der Waals surface area contributed by atoms with E-state index < -0.39 is 0 Å². The number of hydrogen-bond donors (Lipinski definition) is 0. The Balaban J connectivity index is 2.12. The second kappa shape index (κ2) is 6.68. The molecule has 20 heavy (non-hydrogen) atoms. The first-order valence-electron chi connectivity index (χ1n) is 7.40. The molecule has 1 aromatic heterocycles. The zero-order chi connectivity index (χ0) is 14.5. The van der Waals surface area contributed by atoms with E-state index in [1.807, 2.05) is 19.9 Å². The molecule has 5 heteroatoms. The molecule has 1 atom stereocenters. The van der Waals surface area contributed by atoms with Gasteiger partial charge in [0, 0.05) is 31.3 Å². The number of esters is 1. The van der Waals surface area contributed by atoms with Gasteiger partial charge >= 0.3 is 5.97 Å². The summed E-state index contributed by atoms with van der Waals surface area (Å²) in [6.07, 6.45) is 2.72. The fraction of sp³-hybridized carbons (Fsp3) is 0.667. The van der Waals surface area contributed by atoms with Crippen molar-refractivity contribution in [3.05, 3.63) is 17.6 Å². The lowest BCUT2D eigenvalue weighted by Gasteiger charge is -2.32. The number of hydrogen-bond acceptors (Lipinski definition) is 5. The van der Waals surface area contributed by atoms with Crippen LogP contribution in [-0.4, -0.2) is 35.6 Å². The van der Waals surface area contributed by atoms with Crippen LogP contribution in [0, 0.1) is 12.8 Å². The average molecular weight is 277 g/mol. The van der Waals surface area contributed by atoms with Gasteiger partial charge in [-0.1, -0.05) is 6.92 Å². The number of anilines is 1. The summed E-state index contributed by atoms with van der Waals surface area (Å²) >= 11 is 0. The minimum absolute atomic E-state index is 0.0379. The van der Waals surface area contributed by atoms with E-state index >= 15 is 0 Å². The van der Waals surface area contributed by atoms with Gasteiger partial charge in [0.15, 0.2) is 0 Å². The molecule has 110 valence electrons. The third-order valence-corrected chi connectivity index (χ3v) is 3.57. The van der Waals surface area contributed by atoms with Crippen LogP contribution in [0.1, 0.15) is 38.2 Å². The molecule has 0 aromatic carbocycles. The van der Waals surface area contributed by atoms with E-state index in [9.17, 15) is 4.79 Å². The Morgan fingerprint density at radius 2 is 2.25 bits per heavy atom. The van der Waals surface area contributed by atoms with Crippen LogP contribution in [0.25, 0.3) is 0 Å². The maximum absolute atomic E-state index is 11.9. The average Bonchev–Trinajstić information content (AvgIpc) is 2.47. The van der Waals surface area contributed by atoms with Crippen LogP contribution in [0.15, 0.2) is 6.07 Å². The van der Waals surface area contributed by atoms with Crippen molar-refractivity contribution < 1.29 is 9.53 Å². The number of nitrogens with zero attached hydrogens (tertiary/aromatic N) is 3.